The van der Waals surface area contributed by atoms with Gasteiger partial charge >= 0.3 is 0 Å². The highest BCUT2D eigenvalue weighted by atomic mass is 32.2. The second kappa shape index (κ2) is 5.01. The molecule has 3 rings (SSSR count). The monoisotopic (exact) mass is 286 g/mol. The zero-order chi connectivity index (χ0) is 13.6. The number of sulfone groups is 1. The molecule has 0 aromatic carbocycles. The number of nitrogens with zero attached hydrogens (tertiary/aromatic N) is 1. The van der Waals surface area contributed by atoms with Gasteiger partial charge in [-0.25, -0.2) is 8.42 Å². The van der Waals surface area contributed by atoms with E-state index in [2.05, 4.69) is 17.3 Å². The molecule has 1 aliphatic carbocycles. The van der Waals surface area contributed by atoms with E-state index in [1.54, 1.807) is 0 Å². The lowest BCUT2D eigenvalue weighted by atomic mass is 9.97. The molecule has 110 valence electrons. The molecule has 0 aromatic rings. The van der Waals surface area contributed by atoms with Gasteiger partial charge in [-0.1, -0.05) is 6.42 Å². The van der Waals surface area contributed by atoms with Crippen LogP contribution in [-0.2, 0) is 9.84 Å². The van der Waals surface area contributed by atoms with E-state index >= 15 is 0 Å². The fourth-order valence-electron chi connectivity index (χ4n) is 4.50. The van der Waals surface area contributed by atoms with Crippen LogP contribution < -0.4 is 5.32 Å². The van der Waals surface area contributed by atoms with Crippen molar-refractivity contribution in [3.8, 4) is 0 Å². The molecule has 1 N–H and O–H groups in total. The summed E-state index contributed by atoms with van der Waals surface area (Å²) in [7, 11) is -0.748. The Morgan fingerprint density at radius 1 is 1.05 bits per heavy atom. The fraction of sp³-hybridized carbons (Fsp3) is 1.00. The third kappa shape index (κ3) is 2.69. The Morgan fingerprint density at radius 2 is 1.68 bits per heavy atom. The lowest BCUT2D eigenvalue weighted by molar-refractivity contribution is 0.127. The molecule has 2 bridgehead atoms. The second-order valence-corrected chi connectivity index (χ2v) is 9.06. The van der Waals surface area contributed by atoms with E-state index in [4.69, 9.17) is 0 Å². The number of hydrogen-bond acceptors (Lipinski definition) is 4. The average molecular weight is 286 g/mol. The number of piperidine rings is 1. The first kappa shape index (κ1) is 13.8. The quantitative estimate of drug-likeness (QED) is 0.846. The van der Waals surface area contributed by atoms with Crippen LogP contribution in [-0.4, -0.2) is 56.0 Å². The van der Waals surface area contributed by atoms with E-state index in [0.717, 1.165) is 19.3 Å². The summed E-state index contributed by atoms with van der Waals surface area (Å²) in [5.74, 6) is 0. The van der Waals surface area contributed by atoms with E-state index < -0.39 is 9.84 Å². The standard InChI is InChI=1S/C14H26N2O2S/c1-16(12-8-10-6-7-11(9-12)15-10)13-4-3-5-14(13)19(2,17)18/h10-15H,3-9H2,1-2H3. The minimum atomic E-state index is -2.90. The van der Waals surface area contributed by atoms with Crippen LogP contribution in [0.1, 0.15) is 44.9 Å². The van der Waals surface area contributed by atoms with Crippen LogP contribution in [0.3, 0.4) is 0 Å². The van der Waals surface area contributed by atoms with Gasteiger partial charge in [-0.2, -0.15) is 0 Å². The highest BCUT2D eigenvalue weighted by molar-refractivity contribution is 7.91. The molecule has 0 spiro atoms. The van der Waals surface area contributed by atoms with Crippen molar-refractivity contribution in [1.82, 2.24) is 10.2 Å². The van der Waals surface area contributed by atoms with Crippen molar-refractivity contribution in [2.24, 2.45) is 0 Å². The lowest BCUT2D eigenvalue weighted by Gasteiger charge is -2.40. The molecule has 3 aliphatic rings. The van der Waals surface area contributed by atoms with E-state index in [-0.39, 0.29) is 11.3 Å². The highest BCUT2D eigenvalue weighted by Crippen LogP contribution is 2.35. The van der Waals surface area contributed by atoms with Crippen LogP contribution in [0.15, 0.2) is 0 Å². The number of rotatable bonds is 3. The molecule has 2 saturated heterocycles. The summed E-state index contributed by atoms with van der Waals surface area (Å²) in [6.07, 6.45) is 9.37. The molecule has 19 heavy (non-hydrogen) atoms. The molecule has 3 fully saturated rings. The number of fused-ring (bicyclic) bond motifs is 2. The predicted molar refractivity (Wildman–Crippen MR) is 77.0 cm³/mol. The van der Waals surface area contributed by atoms with Gasteiger partial charge in [0.1, 0.15) is 0 Å². The summed E-state index contributed by atoms with van der Waals surface area (Å²) in [4.78, 5) is 2.41. The minimum Gasteiger partial charge on any atom is -0.311 e. The molecule has 4 atom stereocenters. The van der Waals surface area contributed by atoms with Crippen LogP contribution in [0.2, 0.25) is 0 Å². The third-order valence-corrected chi connectivity index (χ3v) is 7.16. The fourth-order valence-corrected chi connectivity index (χ4v) is 6.00. The van der Waals surface area contributed by atoms with Crippen molar-refractivity contribution in [2.75, 3.05) is 13.3 Å². The normalized spacial score (nSPS) is 43.0. The first-order chi connectivity index (χ1) is 8.95. The molecule has 1 saturated carbocycles. The Hall–Kier alpha value is -0.130. The van der Waals surface area contributed by atoms with Crippen LogP contribution >= 0.6 is 0 Å². The molecule has 5 heteroatoms. The van der Waals surface area contributed by atoms with Gasteiger partial charge in [-0.3, -0.25) is 4.90 Å². The maximum atomic E-state index is 11.9. The van der Waals surface area contributed by atoms with E-state index in [9.17, 15) is 8.42 Å². The Balaban J connectivity index is 1.71. The first-order valence-electron chi connectivity index (χ1n) is 7.62. The molecule has 0 aromatic heterocycles. The zero-order valence-electron chi connectivity index (χ0n) is 12.0. The van der Waals surface area contributed by atoms with Crippen molar-refractivity contribution in [3.05, 3.63) is 0 Å². The van der Waals surface area contributed by atoms with Crippen molar-refractivity contribution >= 4 is 9.84 Å². The topological polar surface area (TPSA) is 49.4 Å². The molecule has 2 aliphatic heterocycles. The van der Waals surface area contributed by atoms with Gasteiger partial charge in [0.2, 0.25) is 0 Å². The Labute approximate surface area is 116 Å². The summed E-state index contributed by atoms with van der Waals surface area (Å²) < 4.78 is 23.9. The molecule has 0 amide bonds. The molecular weight excluding hydrogens is 260 g/mol. The lowest BCUT2D eigenvalue weighted by Crippen LogP contribution is -2.52. The molecule has 0 radical (unpaired) electrons. The van der Waals surface area contributed by atoms with Gasteiger partial charge in [-0.15, -0.1) is 0 Å². The number of hydrogen-bond donors (Lipinski definition) is 1. The minimum absolute atomic E-state index is 0.134. The van der Waals surface area contributed by atoms with Crippen molar-refractivity contribution < 1.29 is 8.42 Å². The highest BCUT2D eigenvalue weighted by Gasteiger charge is 2.42. The molecule has 4 nitrogen and oxygen atoms in total. The summed E-state index contributed by atoms with van der Waals surface area (Å²) in [6, 6.07) is 2.16. The van der Waals surface area contributed by atoms with Gasteiger partial charge in [0, 0.05) is 30.4 Å². The summed E-state index contributed by atoms with van der Waals surface area (Å²) in [5.41, 5.74) is 0. The van der Waals surface area contributed by atoms with Gasteiger partial charge < -0.3 is 5.32 Å². The number of nitrogens with one attached hydrogen (secondary N) is 1. The molecule has 4 unspecified atom stereocenters. The SMILES string of the molecule is CN(C1CC2CCC(C1)N2)C1CCCC1S(C)(=O)=O. The van der Waals surface area contributed by atoms with E-state index in [1.165, 1.54) is 31.9 Å². The Bertz CT molecular complexity index is 425. The van der Waals surface area contributed by atoms with Crippen molar-refractivity contribution in [2.45, 2.75) is 74.4 Å². The Kier molecular flexibility index (Phi) is 3.65. The second-order valence-electron chi connectivity index (χ2n) is 6.79. The first-order valence-corrected chi connectivity index (χ1v) is 9.57. The van der Waals surface area contributed by atoms with E-state index in [0.29, 0.717) is 18.1 Å². The largest absolute Gasteiger partial charge is 0.311 e. The van der Waals surface area contributed by atoms with E-state index in [1.807, 2.05) is 0 Å². The van der Waals surface area contributed by atoms with Gasteiger partial charge in [-0.05, 0) is 45.6 Å². The van der Waals surface area contributed by atoms with Crippen LogP contribution in [0.25, 0.3) is 0 Å². The maximum Gasteiger partial charge on any atom is 0.151 e. The smallest absolute Gasteiger partial charge is 0.151 e. The van der Waals surface area contributed by atoms with Crippen molar-refractivity contribution in [1.29, 1.82) is 0 Å². The maximum absolute atomic E-state index is 11.9. The van der Waals surface area contributed by atoms with Crippen LogP contribution in [0.4, 0.5) is 0 Å². The molecule has 2 heterocycles. The van der Waals surface area contributed by atoms with Gasteiger partial charge in [0.15, 0.2) is 9.84 Å². The third-order valence-electron chi connectivity index (χ3n) is 5.51. The van der Waals surface area contributed by atoms with Crippen LogP contribution in [0, 0.1) is 0 Å². The van der Waals surface area contributed by atoms with Crippen molar-refractivity contribution in [3.63, 3.8) is 0 Å². The molecular formula is C14H26N2O2S. The Morgan fingerprint density at radius 3 is 2.26 bits per heavy atom. The average Bonchev–Trinajstić information content (AvgIpc) is 2.94. The summed E-state index contributed by atoms with van der Waals surface area (Å²) >= 11 is 0. The van der Waals surface area contributed by atoms with Crippen LogP contribution in [0.5, 0.6) is 0 Å². The zero-order valence-corrected chi connectivity index (χ0v) is 12.8. The van der Waals surface area contributed by atoms with Gasteiger partial charge in [0.05, 0.1) is 5.25 Å². The summed E-state index contributed by atoms with van der Waals surface area (Å²) in [5, 5.41) is 3.53. The summed E-state index contributed by atoms with van der Waals surface area (Å²) in [6.45, 7) is 0. The predicted octanol–water partition coefficient (Wildman–Crippen LogP) is 1.17. The van der Waals surface area contributed by atoms with Gasteiger partial charge in [0.25, 0.3) is 0 Å².